The first-order valence-electron chi connectivity index (χ1n) is 6.24. The number of aromatic nitrogens is 1. The van der Waals surface area contributed by atoms with Crippen molar-refractivity contribution < 1.29 is 4.74 Å². The van der Waals surface area contributed by atoms with E-state index in [1.807, 2.05) is 19.1 Å². The molecule has 0 aliphatic rings. The highest BCUT2D eigenvalue weighted by atomic mass is 32.1. The molecule has 0 spiro atoms. The molecule has 0 saturated carbocycles. The van der Waals surface area contributed by atoms with Crippen LogP contribution in [-0.2, 0) is 6.42 Å². The summed E-state index contributed by atoms with van der Waals surface area (Å²) in [6, 6.07) is 8.23. The van der Waals surface area contributed by atoms with E-state index in [9.17, 15) is 0 Å². The van der Waals surface area contributed by atoms with Gasteiger partial charge in [-0.15, -0.1) is 11.3 Å². The van der Waals surface area contributed by atoms with E-state index in [4.69, 9.17) is 10.6 Å². The minimum Gasteiger partial charge on any atom is -0.497 e. The van der Waals surface area contributed by atoms with Gasteiger partial charge in [-0.2, -0.15) is 0 Å². The monoisotopic (exact) mass is 277 g/mol. The van der Waals surface area contributed by atoms with E-state index in [-0.39, 0.29) is 6.04 Å². The van der Waals surface area contributed by atoms with Gasteiger partial charge in [0.15, 0.2) is 0 Å². The van der Waals surface area contributed by atoms with Gasteiger partial charge in [0.1, 0.15) is 5.75 Å². The van der Waals surface area contributed by atoms with Crippen molar-refractivity contribution in [3.05, 3.63) is 45.9 Å². The molecule has 0 fully saturated rings. The molecule has 0 bridgehead atoms. The van der Waals surface area contributed by atoms with Crippen LogP contribution in [0.1, 0.15) is 28.7 Å². The number of benzene rings is 1. The normalized spacial score (nSPS) is 12.4. The molecule has 1 heterocycles. The highest BCUT2D eigenvalue weighted by molar-refractivity contribution is 7.09. The van der Waals surface area contributed by atoms with Crippen LogP contribution < -0.4 is 16.0 Å². The smallest absolute Gasteiger partial charge is 0.118 e. The van der Waals surface area contributed by atoms with Gasteiger partial charge >= 0.3 is 0 Å². The fourth-order valence-electron chi connectivity index (χ4n) is 1.96. The van der Waals surface area contributed by atoms with Crippen molar-refractivity contribution in [2.75, 3.05) is 7.11 Å². The highest BCUT2D eigenvalue weighted by Crippen LogP contribution is 2.21. The second-order valence-corrected chi connectivity index (χ2v) is 5.46. The topological polar surface area (TPSA) is 60.2 Å². The summed E-state index contributed by atoms with van der Waals surface area (Å²) < 4.78 is 5.15. The van der Waals surface area contributed by atoms with Gasteiger partial charge in [-0.25, -0.2) is 4.98 Å². The largest absolute Gasteiger partial charge is 0.497 e. The standard InChI is InChI=1S/C14H19N3OS/c1-10-16-14(9-19-10)13(17-15)8-5-11-3-6-12(18-2)7-4-11/h3-4,6-7,9,13,17H,5,8,15H2,1-2H3. The molecule has 2 rings (SSSR count). The van der Waals surface area contributed by atoms with Crippen molar-refractivity contribution in [2.45, 2.75) is 25.8 Å². The lowest BCUT2D eigenvalue weighted by molar-refractivity contribution is 0.414. The number of nitrogens with zero attached hydrogens (tertiary/aromatic N) is 1. The third-order valence-electron chi connectivity index (χ3n) is 3.08. The zero-order valence-corrected chi connectivity index (χ0v) is 12.0. The van der Waals surface area contributed by atoms with Crippen LogP contribution >= 0.6 is 11.3 Å². The lowest BCUT2D eigenvalue weighted by Crippen LogP contribution is -2.28. The van der Waals surface area contributed by atoms with Crippen molar-refractivity contribution in [1.82, 2.24) is 10.4 Å². The van der Waals surface area contributed by atoms with E-state index < -0.39 is 0 Å². The zero-order chi connectivity index (χ0) is 13.7. The number of rotatable bonds is 6. The third-order valence-corrected chi connectivity index (χ3v) is 3.87. The molecule has 4 nitrogen and oxygen atoms in total. The average molecular weight is 277 g/mol. The number of aryl methyl sites for hydroxylation is 2. The molecule has 5 heteroatoms. The van der Waals surface area contributed by atoms with Gasteiger partial charge in [-0.05, 0) is 37.5 Å². The summed E-state index contributed by atoms with van der Waals surface area (Å²) in [4.78, 5) is 4.48. The van der Waals surface area contributed by atoms with Gasteiger partial charge < -0.3 is 4.74 Å². The molecule has 1 aromatic heterocycles. The minimum absolute atomic E-state index is 0.104. The van der Waals surface area contributed by atoms with Crippen LogP contribution in [0.4, 0.5) is 0 Å². The first-order valence-corrected chi connectivity index (χ1v) is 7.12. The van der Waals surface area contributed by atoms with Crippen molar-refractivity contribution >= 4 is 11.3 Å². The van der Waals surface area contributed by atoms with Crippen LogP contribution in [0.15, 0.2) is 29.6 Å². The number of methoxy groups -OCH3 is 1. The quantitative estimate of drug-likeness (QED) is 0.629. The Hall–Kier alpha value is -1.43. The van der Waals surface area contributed by atoms with Crippen LogP contribution in [-0.4, -0.2) is 12.1 Å². The van der Waals surface area contributed by atoms with E-state index in [1.165, 1.54) is 5.56 Å². The van der Waals surface area contributed by atoms with Crippen molar-refractivity contribution in [2.24, 2.45) is 5.84 Å². The SMILES string of the molecule is COc1ccc(CCC(NN)c2csc(C)n2)cc1. The Kier molecular flexibility index (Phi) is 4.90. The van der Waals surface area contributed by atoms with Crippen LogP contribution in [0.3, 0.4) is 0 Å². The summed E-state index contributed by atoms with van der Waals surface area (Å²) in [7, 11) is 1.67. The molecule has 0 saturated heterocycles. The fourth-order valence-corrected chi connectivity index (χ4v) is 2.63. The Morgan fingerprint density at radius 2 is 2.11 bits per heavy atom. The number of hydrogen-bond donors (Lipinski definition) is 2. The average Bonchev–Trinajstić information content (AvgIpc) is 2.87. The van der Waals surface area contributed by atoms with E-state index in [0.29, 0.717) is 0 Å². The molecule has 1 aromatic carbocycles. The summed E-state index contributed by atoms with van der Waals surface area (Å²) in [5.41, 5.74) is 5.14. The van der Waals surface area contributed by atoms with E-state index in [2.05, 4.69) is 27.9 Å². The van der Waals surface area contributed by atoms with Crippen LogP contribution in [0.2, 0.25) is 0 Å². The van der Waals surface area contributed by atoms with Gasteiger partial charge in [0.05, 0.1) is 23.9 Å². The zero-order valence-electron chi connectivity index (χ0n) is 11.2. The molecular formula is C14H19N3OS. The molecule has 19 heavy (non-hydrogen) atoms. The van der Waals surface area contributed by atoms with Gasteiger partial charge in [-0.3, -0.25) is 11.3 Å². The van der Waals surface area contributed by atoms with Gasteiger partial charge in [0, 0.05) is 5.38 Å². The molecule has 0 amide bonds. The maximum absolute atomic E-state index is 5.62. The second kappa shape index (κ2) is 6.65. The molecule has 0 aliphatic carbocycles. The molecular weight excluding hydrogens is 258 g/mol. The lowest BCUT2D eigenvalue weighted by Gasteiger charge is -2.13. The Morgan fingerprint density at radius 1 is 1.37 bits per heavy atom. The molecule has 2 aromatic rings. The third kappa shape index (κ3) is 3.76. The maximum atomic E-state index is 5.62. The van der Waals surface area contributed by atoms with Crippen LogP contribution in [0, 0.1) is 6.92 Å². The lowest BCUT2D eigenvalue weighted by atomic mass is 10.0. The Bertz CT molecular complexity index is 510. The van der Waals surface area contributed by atoms with Crippen molar-refractivity contribution in [3.63, 3.8) is 0 Å². The number of nitrogens with two attached hydrogens (primary N) is 1. The van der Waals surface area contributed by atoms with Crippen molar-refractivity contribution in [1.29, 1.82) is 0 Å². The predicted octanol–water partition coefficient (Wildman–Crippen LogP) is 2.60. The number of hydrogen-bond acceptors (Lipinski definition) is 5. The Labute approximate surface area is 117 Å². The number of thiazole rings is 1. The van der Waals surface area contributed by atoms with Crippen molar-refractivity contribution in [3.8, 4) is 5.75 Å². The Balaban J connectivity index is 1.95. The number of hydrazine groups is 1. The van der Waals surface area contributed by atoms with Gasteiger partial charge in [0.25, 0.3) is 0 Å². The molecule has 0 radical (unpaired) electrons. The summed E-state index contributed by atoms with van der Waals surface area (Å²) in [6.07, 6.45) is 1.88. The first kappa shape index (κ1) is 14.0. The summed E-state index contributed by atoms with van der Waals surface area (Å²) in [5, 5.41) is 3.13. The van der Waals surface area contributed by atoms with E-state index in [0.717, 1.165) is 29.3 Å². The second-order valence-electron chi connectivity index (χ2n) is 4.40. The number of ether oxygens (including phenoxy) is 1. The van der Waals surface area contributed by atoms with Gasteiger partial charge in [-0.1, -0.05) is 12.1 Å². The first-order chi connectivity index (χ1) is 9.22. The fraction of sp³-hybridized carbons (Fsp3) is 0.357. The molecule has 0 aliphatic heterocycles. The molecule has 102 valence electrons. The van der Waals surface area contributed by atoms with Crippen LogP contribution in [0.5, 0.6) is 5.75 Å². The van der Waals surface area contributed by atoms with Crippen LogP contribution in [0.25, 0.3) is 0 Å². The Morgan fingerprint density at radius 3 is 2.63 bits per heavy atom. The minimum atomic E-state index is 0.104. The predicted molar refractivity (Wildman–Crippen MR) is 78.2 cm³/mol. The van der Waals surface area contributed by atoms with Gasteiger partial charge in [0.2, 0.25) is 0 Å². The summed E-state index contributed by atoms with van der Waals surface area (Å²) in [5.74, 6) is 6.50. The number of nitrogens with one attached hydrogen (secondary N) is 1. The molecule has 1 unspecified atom stereocenters. The summed E-state index contributed by atoms with van der Waals surface area (Å²) >= 11 is 1.65. The van der Waals surface area contributed by atoms with E-state index in [1.54, 1.807) is 18.4 Å². The highest BCUT2D eigenvalue weighted by Gasteiger charge is 2.12. The molecule has 1 atom stereocenters. The molecule has 3 N–H and O–H groups in total. The maximum Gasteiger partial charge on any atom is 0.118 e. The summed E-state index contributed by atoms with van der Waals surface area (Å²) in [6.45, 7) is 2.01. The van der Waals surface area contributed by atoms with E-state index >= 15 is 0 Å².